The summed E-state index contributed by atoms with van der Waals surface area (Å²) < 4.78 is 38.6. The van der Waals surface area contributed by atoms with E-state index in [1.165, 1.54) is 30.3 Å². The SMILES string of the molecule is Cc1cc(NS(=O)(=O)c2ccc(NC(=S)NC(=O)c3cc(Br)ccc3OCC(C)C)cc2)no1. The molecule has 0 radical (unpaired) electrons. The molecule has 0 aliphatic heterocycles. The molecule has 1 amide bonds. The van der Waals surface area contributed by atoms with E-state index in [9.17, 15) is 13.2 Å². The lowest BCUT2D eigenvalue weighted by Gasteiger charge is -2.15. The predicted octanol–water partition coefficient (Wildman–Crippen LogP) is 4.71. The number of anilines is 2. The Kier molecular flexibility index (Phi) is 8.28. The van der Waals surface area contributed by atoms with Crippen LogP contribution in [0.3, 0.4) is 0 Å². The van der Waals surface area contributed by atoms with Gasteiger partial charge in [0.05, 0.1) is 17.1 Å². The van der Waals surface area contributed by atoms with Gasteiger partial charge in [-0.05, 0) is 67.5 Å². The second-order valence-electron chi connectivity index (χ2n) is 7.71. The lowest BCUT2D eigenvalue weighted by molar-refractivity contribution is 0.0973. The largest absolute Gasteiger partial charge is 0.492 e. The highest BCUT2D eigenvalue weighted by Gasteiger charge is 2.18. The van der Waals surface area contributed by atoms with Crippen LogP contribution in [0.2, 0.25) is 0 Å². The Hall–Kier alpha value is -2.96. The molecule has 0 saturated heterocycles. The highest BCUT2D eigenvalue weighted by atomic mass is 79.9. The molecular formula is C22H23BrN4O5S2. The average molecular weight is 567 g/mol. The van der Waals surface area contributed by atoms with Gasteiger partial charge in [-0.2, -0.15) is 0 Å². The molecule has 0 aliphatic rings. The van der Waals surface area contributed by atoms with Crippen LogP contribution < -0.4 is 20.1 Å². The van der Waals surface area contributed by atoms with Gasteiger partial charge in [-0.25, -0.2) is 8.42 Å². The minimum atomic E-state index is -3.84. The Morgan fingerprint density at radius 3 is 2.50 bits per heavy atom. The van der Waals surface area contributed by atoms with E-state index in [1.807, 2.05) is 13.8 Å². The van der Waals surface area contributed by atoms with Crippen LogP contribution in [0.25, 0.3) is 0 Å². The van der Waals surface area contributed by atoms with Crippen molar-refractivity contribution < 1.29 is 22.5 Å². The first-order chi connectivity index (χ1) is 16.0. The highest BCUT2D eigenvalue weighted by molar-refractivity contribution is 9.10. The van der Waals surface area contributed by atoms with Gasteiger partial charge in [0.2, 0.25) is 0 Å². The summed E-state index contributed by atoms with van der Waals surface area (Å²) in [5.74, 6) is 0.872. The number of nitrogens with zero attached hydrogens (tertiary/aromatic N) is 1. The molecule has 0 saturated carbocycles. The van der Waals surface area contributed by atoms with E-state index in [4.69, 9.17) is 21.5 Å². The molecule has 3 rings (SSSR count). The Balaban J connectivity index is 1.64. The fourth-order valence-corrected chi connectivity index (χ4v) is 4.28. The van der Waals surface area contributed by atoms with E-state index in [0.717, 1.165) is 4.47 Å². The molecule has 0 atom stereocenters. The summed E-state index contributed by atoms with van der Waals surface area (Å²) in [7, 11) is -3.84. The molecule has 3 N–H and O–H groups in total. The molecule has 0 unspecified atom stereocenters. The molecule has 2 aromatic carbocycles. The summed E-state index contributed by atoms with van der Waals surface area (Å²) in [4.78, 5) is 12.8. The van der Waals surface area contributed by atoms with E-state index in [1.54, 1.807) is 25.1 Å². The number of nitrogens with one attached hydrogen (secondary N) is 3. The van der Waals surface area contributed by atoms with Crippen LogP contribution in [0.4, 0.5) is 11.5 Å². The molecule has 9 nitrogen and oxygen atoms in total. The summed E-state index contributed by atoms with van der Waals surface area (Å²) in [6, 6.07) is 12.5. The van der Waals surface area contributed by atoms with Crippen molar-refractivity contribution in [3.05, 3.63) is 64.3 Å². The van der Waals surface area contributed by atoms with Gasteiger partial charge < -0.3 is 14.6 Å². The van der Waals surface area contributed by atoms with Gasteiger partial charge in [0, 0.05) is 16.2 Å². The number of benzene rings is 2. The first-order valence-corrected chi connectivity index (χ1v) is 12.8. The number of ether oxygens (including phenoxy) is 1. The number of carbonyl (C=O) groups is 1. The van der Waals surface area contributed by atoms with Crippen LogP contribution in [0.15, 0.2) is 62.4 Å². The van der Waals surface area contributed by atoms with E-state index in [2.05, 4.69) is 36.4 Å². The van der Waals surface area contributed by atoms with Gasteiger partial charge >= 0.3 is 0 Å². The number of amides is 1. The maximum Gasteiger partial charge on any atom is 0.263 e. The van der Waals surface area contributed by atoms with E-state index >= 15 is 0 Å². The van der Waals surface area contributed by atoms with Crippen molar-refractivity contribution in [3.63, 3.8) is 0 Å². The van der Waals surface area contributed by atoms with Crippen LogP contribution in [0.1, 0.15) is 30.0 Å². The van der Waals surface area contributed by atoms with E-state index < -0.39 is 15.9 Å². The molecule has 34 heavy (non-hydrogen) atoms. The van der Waals surface area contributed by atoms with Crippen molar-refractivity contribution in [1.29, 1.82) is 0 Å². The number of aromatic nitrogens is 1. The second-order valence-corrected chi connectivity index (χ2v) is 10.7. The average Bonchev–Trinajstić information content (AvgIpc) is 3.16. The van der Waals surface area contributed by atoms with E-state index in [-0.39, 0.29) is 15.8 Å². The molecular weight excluding hydrogens is 544 g/mol. The third-order valence-electron chi connectivity index (χ3n) is 4.27. The van der Waals surface area contributed by atoms with Gasteiger partial charge in [-0.1, -0.05) is 34.9 Å². The van der Waals surface area contributed by atoms with Crippen molar-refractivity contribution in [3.8, 4) is 5.75 Å². The first-order valence-electron chi connectivity index (χ1n) is 10.1. The molecule has 0 bridgehead atoms. The zero-order valence-corrected chi connectivity index (χ0v) is 21.8. The Morgan fingerprint density at radius 1 is 1.18 bits per heavy atom. The van der Waals surface area contributed by atoms with Crippen LogP contribution >= 0.6 is 28.1 Å². The highest BCUT2D eigenvalue weighted by Crippen LogP contribution is 2.24. The van der Waals surface area contributed by atoms with Gasteiger partial charge in [0.25, 0.3) is 15.9 Å². The Labute approximate surface area is 211 Å². The molecule has 3 aromatic rings. The predicted molar refractivity (Wildman–Crippen MR) is 137 cm³/mol. The van der Waals surface area contributed by atoms with Crippen molar-refractivity contribution in [2.45, 2.75) is 25.7 Å². The van der Waals surface area contributed by atoms with Gasteiger partial charge in [-0.15, -0.1) is 0 Å². The van der Waals surface area contributed by atoms with Gasteiger partial charge in [0.1, 0.15) is 11.5 Å². The number of thiocarbonyl (C=S) groups is 1. The lowest BCUT2D eigenvalue weighted by Crippen LogP contribution is -2.34. The summed E-state index contributed by atoms with van der Waals surface area (Å²) >= 11 is 8.61. The fourth-order valence-electron chi connectivity index (χ4n) is 2.72. The fraction of sp³-hybridized carbons (Fsp3) is 0.227. The molecule has 180 valence electrons. The molecule has 1 aromatic heterocycles. The lowest BCUT2D eigenvalue weighted by atomic mass is 10.2. The Bertz CT molecular complexity index is 1290. The summed E-state index contributed by atoms with van der Waals surface area (Å²) in [6.07, 6.45) is 0. The summed E-state index contributed by atoms with van der Waals surface area (Å²) in [5.41, 5.74) is 0.821. The smallest absolute Gasteiger partial charge is 0.263 e. The normalized spacial score (nSPS) is 11.2. The van der Waals surface area contributed by atoms with Crippen LogP contribution in [0, 0.1) is 12.8 Å². The third-order valence-corrected chi connectivity index (χ3v) is 6.34. The number of hydrogen-bond donors (Lipinski definition) is 3. The number of halogens is 1. The minimum absolute atomic E-state index is 0.0229. The minimum Gasteiger partial charge on any atom is -0.492 e. The molecule has 0 aliphatic carbocycles. The number of aryl methyl sites for hydroxylation is 1. The van der Waals surface area contributed by atoms with Crippen molar-refractivity contribution in [1.82, 2.24) is 10.5 Å². The molecule has 12 heteroatoms. The summed E-state index contributed by atoms with van der Waals surface area (Å²) in [5, 5.41) is 9.14. The van der Waals surface area contributed by atoms with Crippen LogP contribution in [-0.4, -0.2) is 31.2 Å². The summed E-state index contributed by atoms with van der Waals surface area (Å²) in [6.45, 7) is 6.15. The standard InChI is InChI=1S/C22H23BrN4O5S2/c1-13(2)12-31-19-9-4-15(23)11-18(19)21(28)25-22(33)24-16-5-7-17(8-6-16)34(29,30)27-20-10-14(3)32-26-20/h4-11,13H,12H2,1-3H3,(H,26,27)(H2,24,25,28,33). The van der Waals surface area contributed by atoms with Crippen LogP contribution in [-0.2, 0) is 10.0 Å². The zero-order valence-electron chi connectivity index (χ0n) is 18.6. The third kappa shape index (κ3) is 7.02. The quantitative estimate of drug-likeness (QED) is 0.335. The van der Waals surface area contributed by atoms with Gasteiger partial charge in [0.15, 0.2) is 10.9 Å². The number of sulfonamides is 1. The van der Waals surface area contributed by atoms with Crippen LogP contribution in [0.5, 0.6) is 5.75 Å². The molecule has 0 fully saturated rings. The van der Waals surface area contributed by atoms with Crippen molar-refractivity contribution in [2.24, 2.45) is 5.92 Å². The topological polar surface area (TPSA) is 123 Å². The van der Waals surface area contributed by atoms with Crippen molar-refractivity contribution >= 4 is 60.7 Å². The van der Waals surface area contributed by atoms with Gasteiger partial charge in [-0.3, -0.25) is 14.8 Å². The monoisotopic (exact) mass is 566 g/mol. The zero-order chi connectivity index (χ0) is 24.9. The van der Waals surface area contributed by atoms with E-state index in [0.29, 0.717) is 35.3 Å². The maximum atomic E-state index is 12.8. The number of rotatable bonds is 8. The van der Waals surface area contributed by atoms with Crippen molar-refractivity contribution in [2.75, 3.05) is 16.6 Å². The molecule has 0 spiro atoms. The number of carbonyl (C=O) groups excluding carboxylic acids is 1. The first kappa shape index (κ1) is 25.7. The molecule has 1 heterocycles. The second kappa shape index (κ2) is 11.0. The number of hydrogen-bond acceptors (Lipinski definition) is 7. The maximum absolute atomic E-state index is 12.8. The Morgan fingerprint density at radius 2 is 1.88 bits per heavy atom.